The Kier molecular flexibility index (Phi) is 13.7. The molecule has 8 rings (SSSR count). The first kappa shape index (κ1) is 44.7. The van der Waals surface area contributed by atoms with E-state index in [0.717, 1.165) is 51.4 Å². The van der Waals surface area contributed by atoms with E-state index in [0.29, 0.717) is 88.1 Å². The van der Waals surface area contributed by atoms with Crippen molar-refractivity contribution >= 4 is 51.5 Å². The van der Waals surface area contributed by atoms with Crippen LogP contribution in [0.25, 0.3) is 22.1 Å². The van der Waals surface area contributed by atoms with Crippen molar-refractivity contribution in [3.63, 3.8) is 0 Å². The number of imidazole rings is 2. The number of aromatic nitrogens is 8. The van der Waals surface area contributed by atoms with Crippen LogP contribution in [0.1, 0.15) is 92.0 Å². The number of carbonyl (C=O) groups excluding carboxylic acids is 4. The average molecular weight is 889 g/mol. The van der Waals surface area contributed by atoms with E-state index in [1.807, 2.05) is 49.0 Å². The zero-order valence-electron chi connectivity index (χ0n) is 37.4. The second-order valence-corrected chi connectivity index (χ2v) is 16.2. The van der Waals surface area contributed by atoms with E-state index in [1.54, 1.807) is 45.8 Å². The molecule has 0 aliphatic carbocycles. The minimum absolute atomic E-state index is 0.0344. The number of nitrogens with two attached hydrogens (primary N) is 1. The molecule has 2 aliphatic heterocycles. The van der Waals surface area contributed by atoms with Crippen molar-refractivity contribution in [2.24, 2.45) is 5.73 Å². The normalized spacial score (nSPS) is 15.2. The van der Waals surface area contributed by atoms with Gasteiger partial charge in [0, 0.05) is 63.4 Å². The van der Waals surface area contributed by atoms with Crippen LogP contribution in [0.2, 0.25) is 0 Å². The molecule has 342 valence electrons. The van der Waals surface area contributed by atoms with Gasteiger partial charge in [-0.05, 0) is 83.5 Å². The van der Waals surface area contributed by atoms with Gasteiger partial charge in [-0.25, -0.2) is 9.97 Å². The molecular weight excluding hydrogens is 833 g/mol. The number of nitrogens with zero attached hydrogens (tertiary/aromatic N) is 9. The Morgan fingerprint density at radius 3 is 2.03 bits per heavy atom. The third-order valence-electron chi connectivity index (χ3n) is 11.5. The molecule has 2 aliphatic rings. The number of morpholine rings is 1. The van der Waals surface area contributed by atoms with E-state index >= 15 is 0 Å². The number of Topliss-reactive ketones (excluding diaryl/α,β-unsaturated/α-hetero) is 1. The topological polar surface area (TPSA) is 221 Å². The molecule has 0 unspecified atom stereocenters. The fourth-order valence-electron chi connectivity index (χ4n) is 8.36. The van der Waals surface area contributed by atoms with Crippen LogP contribution in [0, 0.1) is 13.8 Å². The number of primary amides is 1. The summed E-state index contributed by atoms with van der Waals surface area (Å²) in [5, 5.41) is 15.0. The minimum Gasteiger partial charge on any atom is -0.491 e. The van der Waals surface area contributed by atoms with Gasteiger partial charge in [0.2, 0.25) is 11.9 Å². The second kappa shape index (κ2) is 19.9. The molecule has 0 saturated carbocycles. The van der Waals surface area contributed by atoms with Crippen LogP contribution in [0.3, 0.4) is 0 Å². The van der Waals surface area contributed by atoms with Crippen LogP contribution < -0.4 is 25.8 Å². The Morgan fingerprint density at radius 2 is 1.34 bits per heavy atom. The number of aryl methyl sites for hydroxylation is 4. The second-order valence-electron chi connectivity index (χ2n) is 16.2. The minimum atomic E-state index is -0.659. The van der Waals surface area contributed by atoms with Gasteiger partial charge in [0.1, 0.15) is 39.7 Å². The fourth-order valence-corrected chi connectivity index (χ4v) is 8.36. The van der Waals surface area contributed by atoms with Crippen LogP contribution in [0.5, 0.6) is 11.5 Å². The highest BCUT2D eigenvalue weighted by Crippen LogP contribution is 2.33. The molecule has 0 spiro atoms. The number of carbonyl (C=O) groups is 4. The van der Waals surface area contributed by atoms with Gasteiger partial charge in [0.15, 0.2) is 5.78 Å². The van der Waals surface area contributed by atoms with E-state index in [4.69, 9.17) is 29.9 Å². The average Bonchev–Trinajstić information content (AvgIpc) is 4.06. The SMILES string of the molecule is CCn1nc(C)cc1C(=O)Cc1nc2cc(C(=O)NCCCCN3CCOCC3)cc3c2n1C/C=C/Cn1c(NC(=O)c2cc(C)nn2CC)nc2cc(C(N)=O)cc(c21)OCCCO3. The number of hydrogen-bond acceptors (Lipinski definition) is 12. The molecule has 4 N–H and O–H groups in total. The Labute approximate surface area is 375 Å². The molecule has 1 fully saturated rings. The molecular formula is C46H56N12O7. The number of ether oxygens (including phenoxy) is 3. The van der Waals surface area contributed by atoms with Crippen molar-refractivity contribution in [3.05, 3.63) is 88.3 Å². The van der Waals surface area contributed by atoms with E-state index in [2.05, 4.69) is 25.7 Å². The molecule has 65 heavy (non-hydrogen) atoms. The number of ketones is 1. The van der Waals surface area contributed by atoms with Gasteiger partial charge in [0.05, 0.1) is 55.3 Å². The maximum Gasteiger partial charge on any atom is 0.276 e. The predicted molar refractivity (Wildman–Crippen MR) is 243 cm³/mol. The third-order valence-corrected chi connectivity index (χ3v) is 11.5. The molecule has 6 aromatic rings. The number of allylic oxidation sites excluding steroid dienone is 2. The van der Waals surface area contributed by atoms with Crippen molar-refractivity contribution in [2.75, 3.05) is 57.9 Å². The van der Waals surface area contributed by atoms with Crippen molar-refractivity contribution in [1.82, 2.24) is 48.9 Å². The van der Waals surface area contributed by atoms with Gasteiger partial charge in [-0.2, -0.15) is 10.2 Å². The lowest BCUT2D eigenvalue weighted by Gasteiger charge is -2.26. The van der Waals surface area contributed by atoms with Gasteiger partial charge in [0.25, 0.3) is 11.8 Å². The third kappa shape index (κ3) is 9.95. The maximum atomic E-state index is 14.0. The van der Waals surface area contributed by atoms with Gasteiger partial charge in [-0.15, -0.1) is 0 Å². The summed E-state index contributed by atoms with van der Waals surface area (Å²) >= 11 is 0. The smallest absolute Gasteiger partial charge is 0.276 e. The largest absolute Gasteiger partial charge is 0.491 e. The van der Waals surface area contributed by atoms with Crippen molar-refractivity contribution in [2.45, 2.75) is 79.6 Å². The highest BCUT2D eigenvalue weighted by molar-refractivity contribution is 6.04. The van der Waals surface area contributed by atoms with Gasteiger partial charge >= 0.3 is 0 Å². The monoisotopic (exact) mass is 888 g/mol. The van der Waals surface area contributed by atoms with Gasteiger partial charge in [-0.3, -0.25) is 38.8 Å². The van der Waals surface area contributed by atoms with Crippen LogP contribution in [0.15, 0.2) is 48.6 Å². The van der Waals surface area contributed by atoms with Crippen molar-refractivity contribution < 1.29 is 33.4 Å². The summed E-state index contributed by atoms with van der Waals surface area (Å²) in [5.41, 5.74) is 10.7. The summed E-state index contributed by atoms with van der Waals surface area (Å²) in [6, 6.07) is 10.1. The number of benzene rings is 2. The number of nitrogens with one attached hydrogen (secondary N) is 2. The van der Waals surface area contributed by atoms with Gasteiger partial charge < -0.3 is 34.4 Å². The molecule has 3 amide bonds. The Balaban J connectivity index is 1.14. The van der Waals surface area contributed by atoms with E-state index in [-0.39, 0.29) is 55.9 Å². The van der Waals surface area contributed by atoms with E-state index in [1.165, 1.54) is 0 Å². The number of anilines is 1. The Bertz CT molecular complexity index is 2770. The molecule has 1 saturated heterocycles. The summed E-state index contributed by atoms with van der Waals surface area (Å²) in [7, 11) is 0. The summed E-state index contributed by atoms with van der Waals surface area (Å²) in [5.74, 6) is 0.0289. The Hall–Kier alpha value is -6.86. The summed E-state index contributed by atoms with van der Waals surface area (Å²) in [6.45, 7) is 14.2. The standard InChI is InChI=1S/C46H56N12O7/c1-5-57-35(22-29(3)52-57)37(59)28-40-49-33-25-32(44(61)48-12-7-8-13-54-16-20-63-21-17-54)27-39-41(33)55(40)14-9-10-15-56-42-34(24-31(43(47)60)26-38(42)64-18-11-19-65-39)50-46(56)51-45(62)36-23-30(4)53-58(36)6-2/h9-10,22-27H,5-8,11-21,28H2,1-4H3,(H2,47,60)(H,48,61)(H,50,51,62)/b10-9+. The highest BCUT2D eigenvalue weighted by Gasteiger charge is 2.25. The molecule has 2 aromatic carbocycles. The first-order valence-electron chi connectivity index (χ1n) is 22.3. The quantitative estimate of drug-likeness (QED) is 0.0784. The number of rotatable bonds is 14. The molecule has 0 radical (unpaired) electrons. The zero-order chi connectivity index (χ0) is 45.6. The van der Waals surface area contributed by atoms with Crippen LogP contribution >= 0.6 is 0 Å². The molecule has 6 heterocycles. The van der Waals surface area contributed by atoms with Crippen LogP contribution in [-0.2, 0) is 37.3 Å². The molecule has 19 heteroatoms. The summed E-state index contributed by atoms with van der Waals surface area (Å²) in [6.07, 6.45) is 5.98. The first-order chi connectivity index (χ1) is 31.5. The van der Waals surface area contributed by atoms with Crippen LogP contribution in [0.4, 0.5) is 5.95 Å². The maximum absolute atomic E-state index is 14.0. The highest BCUT2D eigenvalue weighted by atomic mass is 16.5. The molecule has 0 bridgehead atoms. The zero-order valence-corrected chi connectivity index (χ0v) is 37.4. The van der Waals surface area contributed by atoms with Gasteiger partial charge in [-0.1, -0.05) is 12.2 Å². The first-order valence-corrected chi connectivity index (χ1v) is 22.3. The Morgan fingerprint density at radius 1 is 0.723 bits per heavy atom. The molecule has 0 atom stereocenters. The lowest BCUT2D eigenvalue weighted by molar-refractivity contribution is 0.0372. The van der Waals surface area contributed by atoms with E-state index < -0.39 is 11.8 Å². The van der Waals surface area contributed by atoms with Crippen molar-refractivity contribution in [3.8, 4) is 11.5 Å². The number of amides is 3. The lowest BCUT2D eigenvalue weighted by atomic mass is 10.1. The van der Waals surface area contributed by atoms with Crippen LogP contribution in [-0.4, -0.2) is 120 Å². The predicted octanol–water partition coefficient (Wildman–Crippen LogP) is 4.47. The summed E-state index contributed by atoms with van der Waals surface area (Å²) < 4.78 is 25.4. The number of unbranched alkanes of at least 4 members (excludes halogenated alkanes) is 1. The van der Waals surface area contributed by atoms with E-state index in [9.17, 15) is 19.2 Å². The lowest BCUT2D eigenvalue weighted by Crippen LogP contribution is -2.37. The summed E-state index contributed by atoms with van der Waals surface area (Å²) in [4.78, 5) is 66.1. The van der Waals surface area contributed by atoms with Crippen molar-refractivity contribution in [1.29, 1.82) is 0 Å². The fraction of sp³-hybridized carbons (Fsp3) is 0.435. The molecule has 4 aromatic heterocycles. The molecule has 19 nitrogen and oxygen atoms in total. The number of hydrogen-bond donors (Lipinski definition) is 3.